The Morgan fingerprint density at radius 1 is 1.04 bits per heavy atom. The molecule has 0 aromatic carbocycles. The van der Waals surface area contributed by atoms with Gasteiger partial charge in [0.15, 0.2) is 6.23 Å². The number of methoxy groups -OCH3 is 1. The molecular weight excluding hydrogens is 334 g/mol. The molecule has 1 atom stereocenters. The van der Waals surface area contributed by atoms with E-state index in [1.807, 2.05) is 0 Å². The van der Waals surface area contributed by atoms with Crippen LogP contribution in [0.1, 0.15) is 6.92 Å². The van der Waals surface area contributed by atoms with Crippen LogP contribution >= 0.6 is 0 Å². The summed E-state index contributed by atoms with van der Waals surface area (Å²) in [7, 11) is 1.50. The third-order valence-electron chi connectivity index (χ3n) is 2.58. The molecule has 0 saturated carbocycles. The average Bonchev–Trinajstić information content (AvgIpc) is 2.58. The van der Waals surface area contributed by atoms with Crippen molar-refractivity contribution >= 4 is 5.97 Å². The fourth-order valence-electron chi connectivity index (χ4n) is 1.42. The van der Waals surface area contributed by atoms with Crippen LogP contribution in [0.4, 0.5) is 0 Å². The topological polar surface area (TPSA) is 121 Å². The molecule has 0 fully saturated rings. The number of azide groups is 1. The average molecular weight is 361 g/mol. The van der Waals surface area contributed by atoms with Gasteiger partial charge in [-0.15, -0.1) is 0 Å². The molecule has 25 heavy (non-hydrogen) atoms. The summed E-state index contributed by atoms with van der Waals surface area (Å²) in [6.45, 7) is 8.06. The van der Waals surface area contributed by atoms with Crippen LogP contribution in [0.25, 0.3) is 10.4 Å². The lowest BCUT2D eigenvalue weighted by atomic mass is 10.4. The summed E-state index contributed by atoms with van der Waals surface area (Å²) >= 11 is 0. The van der Waals surface area contributed by atoms with Gasteiger partial charge in [0.2, 0.25) is 0 Å². The van der Waals surface area contributed by atoms with E-state index in [2.05, 4.69) is 16.6 Å². The highest BCUT2D eigenvalue weighted by molar-refractivity contribution is 5.86. The Labute approximate surface area is 147 Å². The van der Waals surface area contributed by atoms with Crippen molar-refractivity contribution in [3.63, 3.8) is 0 Å². The van der Waals surface area contributed by atoms with E-state index in [4.69, 9.17) is 34.0 Å². The number of esters is 1. The second kappa shape index (κ2) is 17.2. The zero-order chi connectivity index (χ0) is 18.8. The molecule has 10 heteroatoms. The third-order valence-corrected chi connectivity index (χ3v) is 2.58. The summed E-state index contributed by atoms with van der Waals surface area (Å²) in [6.07, 6.45) is -0.651. The molecule has 0 aliphatic carbocycles. The van der Waals surface area contributed by atoms with Crippen LogP contribution in [0.15, 0.2) is 17.3 Å². The van der Waals surface area contributed by atoms with E-state index < -0.39 is 12.2 Å². The Hall–Kier alpha value is -1.68. The van der Waals surface area contributed by atoms with Crippen molar-refractivity contribution in [3.8, 4) is 0 Å². The monoisotopic (exact) mass is 361 g/mol. The van der Waals surface area contributed by atoms with Crippen LogP contribution < -0.4 is 0 Å². The van der Waals surface area contributed by atoms with Crippen molar-refractivity contribution < 1.29 is 33.2 Å². The highest BCUT2D eigenvalue weighted by atomic mass is 16.6. The zero-order valence-corrected chi connectivity index (χ0v) is 14.8. The van der Waals surface area contributed by atoms with Crippen molar-refractivity contribution in [2.75, 3.05) is 66.6 Å². The van der Waals surface area contributed by atoms with Gasteiger partial charge in [0.25, 0.3) is 0 Å². The molecule has 0 aromatic heterocycles. The lowest BCUT2D eigenvalue weighted by Crippen LogP contribution is -2.19. The molecule has 0 N–H and O–H groups in total. The van der Waals surface area contributed by atoms with Crippen molar-refractivity contribution in [3.05, 3.63) is 22.6 Å². The van der Waals surface area contributed by atoms with Crippen molar-refractivity contribution in [1.29, 1.82) is 0 Å². The maximum absolute atomic E-state index is 11.1. The fraction of sp³-hybridized carbons (Fsp3) is 0.800. The molecule has 0 rings (SSSR count). The lowest BCUT2D eigenvalue weighted by Gasteiger charge is -2.11. The SMILES string of the molecule is C=C(C)C(=O)OCCOCCOCCOCCOC(COC)N=[N+]=[N-]. The number of rotatable bonds is 17. The van der Waals surface area contributed by atoms with Gasteiger partial charge in [0.05, 0.1) is 52.9 Å². The Morgan fingerprint density at radius 2 is 1.56 bits per heavy atom. The number of nitrogens with zero attached hydrogens (tertiary/aromatic N) is 3. The summed E-state index contributed by atoms with van der Waals surface area (Å²) in [5.74, 6) is -0.422. The number of hydrogen-bond acceptors (Lipinski definition) is 8. The summed E-state index contributed by atoms with van der Waals surface area (Å²) in [5.41, 5.74) is 8.70. The van der Waals surface area contributed by atoms with Gasteiger partial charge in [-0.3, -0.25) is 0 Å². The molecule has 0 saturated heterocycles. The first-order valence-electron chi connectivity index (χ1n) is 7.82. The van der Waals surface area contributed by atoms with Gasteiger partial charge in [-0.25, -0.2) is 4.79 Å². The van der Waals surface area contributed by atoms with Crippen molar-refractivity contribution in [2.45, 2.75) is 13.2 Å². The summed E-state index contributed by atoms with van der Waals surface area (Å²) in [5, 5.41) is 3.43. The Balaban J connectivity index is 3.30. The van der Waals surface area contributed by atoms with Gasteiger partial charge in [0.1, 0.15) is 6.61 Å². The highest BCUT2D eigenvalue weighted by Crippen LogP contribution is 1.95. The zero-order valence-electron chi connectivity index (χ0n) is 14.8. The largest absolute Gasteiger partial charge is 0.460 e. The van der Waals surface area contributed by atoms with E-state index >= 15 is 0 Å². The quantitative estimate of drug-likeness (QED) is 0.0959. The molecule has 144 valence electrons. The number of carbonyl (C=O) groups is 1. The molecule has 0 aromatic rings. The molecule has 0 aliphatic heterocycles. The van der Waals surface area contributed by atoms with Gasteiger partial charge >= 0.3 is 5.97 Å². The normalized spacial score (nSPS) is 11.6. The summed E-state index contributed by atoms with van der Waals surface area (Å²) in [4.78, 5) is 13.7. The minimum atomic E-state index is -0.651. The van der Waals surface area contributed by atoms with Crippen LogP contribution in [0.5, 0.6) is 0 Å². The predicted molar refractivity (Wildman–Crippen MR) is 89.0 cm³/mol. The fourth-order valence-corrected chi connectivity index (χ4v) is 1.42. The Morgan fingerprint density at radius 3 is 2.04 bits per heavy atom. The van der Waals surface area contributed by atoms with Gasteiger partial charge in [-0.1, -0.05) is 11.7 Å². The van der Waals surface area contributed by atoms with E-state index in [9.17, 15) is 4.79 Å². The molecular formula is C15H27N3O7. The van der Waals surface area contributed by atoms with E-state index in [0.717, 1.165) is 0 Å². The van der Waals surface area contributed by atoms with Crippen molar-refractivity contribution in [1.82, 2.24) is 0 Å². The van der Waals surface area contributed by atoms with Crippen LogP contribution in [-0.4, -0.2) is 78.8 Å². The number of ether oxygens (including phenoxy) is 6. The van der Waals surface area contributed by atoms with E-state index in [-0.39, 0.29) is 13.2 Å². The van der Waals surface area contributed by atoms with Gasteiger partial charge in [-0.2, -0.15) is 0 Å². The molecule has 0 radical (unpaired) electrons. The first-order chi connectivity index (χ1) is 12.1. The Kier molecular flexibility index (Phi) is 16.0. The van der Waals surface area contributed by atoms with Crippen LogP contribution in [0.3, 0.4) is 0 Å². The van der Waals surface area contributed by atoms with Crippen LogP contribution in [-0.2, 0) is 33.2 Å². The molecule has 0 amide bonds. The van der Waals surface area contributed by atoms with Gasteiger partial charge < -0.3 is 28.4 Å². The van der Waals surface area contributed by atoms with E-state index in [1.54, 1.807) is 6.92 Å². The van der Waals surface area contributed by atoms with E-state index in [1.165, 1.54) is 7.11 Å². The van der Waals surface area contributed by atoms with Gasteiger partial charge in [-0.05, 0) is 12.5 Å². The molecule has 1 unspecified atom stereocenters. The van der Waals surface area contributed by atoms with Gasteiger partial charge in [0, 0.05) is 17.6 Å². The second-order valence-electron chi connectivity index (χ2n) is 4.74. The van der Waals surface area contributed by atoms with Crippen LogP contribution in [0, 0.1) is 0 Å². The highest BCUT2D eigenvalue weighted by Gasteiger charge is 2.05. The minimum absolute atomic E-state index is 0.189. The Bertz CT molecular complexity index is 414. The van der Waals surface area contributed by atoms with Crippen molar-refractivity contribution in [2.24, 2.45) is 5.11 Å². The first-order valence-corrected chi connectivity index (χ1v) is 7.82. The maximum atomic E-state index is 11.1. The van der Waals surface area contributed by atoms with Crippen LogP contribution in [0.2, 0.25) is 0 Å². The second-order valence-corrected chi connectivity index (χ2v) is 4.74. The summed E-state index contributed by atoms with van der Waals surface area (Å²) < 4.78 is 30.8. The van der Waals surface area contributed by atoms with E-state index in [0.29, 0.717) is 51.8 Å². The summed E-state index contributed by atoms with van der Waals surface area (Å²) in [6, 6.07) is 0. The molecule has 10 nitrogen and oxygen atoms in total. The molecule has 0 heterocycles. The predicted octanol–water partition coefficient (Wildman–Crippen LogP) is 1.45. The maximum Gasteiger partial charge on any atom is 0.333 e. The standard InChI is InChI=1S/C15H27N3O7/c1-13(2)15(19)25-11-9-23-7-5-21-4-6-22-8-10-24-14(12-20-3)17-18-16/h14H,1,4-12H2,2-3H3. The lowest BCUT2D eigenvalue weighted by molar-refractivity contribution is -0.140. The molecule has 0 aliphatic rings. The molecule has 0 bridgehead atoms. The first kappa shape index (κ1) is 23.3. The third kappa shape index (κ3) is 15.6. The smallest absolute Gasteiger partial charge is 0.333 e. The minimum Gasteiger partial charge on any atom is -0.460 e. The molecule has 0 spiro atoms. The number of carbonyl (C=O) groups excluding carboxylic acids is 1. The number of hydrogen-bond donors (Lipinski definition) is 0.